The third kappa shape index (κ3) is 5.26. The molecule has 192 valence electrons. The average molecular weight is 537 g/mol. The number of carbonyl (C=O) groups excluding carboxylic acids is 2. The molecule has 10 heteroatoms. The highest BCUT2D eigenvalue weighted by Gasteiger charge is 2.40. The maximum Gasteiger partial charge on any atom is 0.253 e. The summed E-state index contributed by atoms with van der Waals surface area (Å²) in [5.74, 6) is 0.134. The topological polar surface area (TPSA) is 77.1 Å². The van der Waals surface area contributed by atoms with Crippen LogP contribution in [0, 0.1) is 11.2 Å². The number of fused-ring (bicyclic) bond motifs is 1. The highest BCUT2D eigenvalue weighted by atomic mass is 35.5. The lowest BCUT2D eigenvalue weighted by molar-refractivity contribution is -0.0809. The summed E-state index contributed by atoms with van der Waals surface area (Å²) < 4.78 is 30.9. The Hall–Kier alpha value is -2.55. The molecule has 2 saturated heterocycles. The number of likely N-dealkylation sites (tertiary alicyclic amines) is 1. The first-order valence-corrected chi connectivity index (χ1v) is 12.8. The number of hydrogen-bond donors (Lipinski definition) is 1. The van der Waals surface area contributed by atoms with E-state index in [-0.39, 0.29) is 38.9 Å². The van der Waals surface area contributed by atoms with Crippen LogP contribution in [0.1, 0.15) is 46.4 Å². The molecular weight excluding hydrogens is 510 g/mol. The maximum atomic E-state index is 13.7. The predicted octanol–water partition coefficient (Wildman–Crippen LogP) is 4.74. The fourth-order valence-corrected chi connectivity index (χ4v) is 5.50. The van der Waals surface area contributed by atoms with Crippen molar-refractivity contribution in [2.45, 2.75) is 31.8 Å². The lowest BCUT2D eigenvalue weighted by Crippen LogP contribution is -2.49. The van der Waals surface area contributed by atoms with Gasteiger partial charge in [-0.3, -0.25) is 9.59 Å². The van der Waals surface area contributed by atoms with Crippen molar-refractivity contribution < 1.29 is 28.2 Å². The molecule has 0 aliphatic carbocycles. The molecule has 1 atom stereocenters. The Morgan fingerprint density at radius 3 is 2.36 bits per heavy atom. The Labute approximate surface area is 218 Å². The van der Waals surface area contributed by atoms with Gasteiger partial charge in [0, 0.05) is 30.8 Å². The first kappa shape index (κ1) is 25.1. The fourth-order valence-electron chi connectivity index (χ4n) is 5.01. The second-order valence-electron chi connectivity index (χ2n) is 9.59. The average Bonchev–Trinajstić information content (AvgIpc) is 2.91. The van der Waals surface area contributed by atoms with Crippen molar-refractivity contribution >= 4 is 35.0 Å². The van der Waals surface area contributed by atoms with Crippen molar-refractivity contribution in [3.63, 3.8) is 0 Å². The normalized spacial score (nSPS) is 20.8. The van der Waals surface area contributed by atoms with Gasteiger partial charge in [-0.05, 0) is 61.4 Å². The molecule has 1 unspecified atom stereocenters. The summed E-state index contributed by atoms with van der Waals surface area (Å²) in [6.07, 6.45) is 3.38. The molecule has 3 aliphatic rings. The second-order valence-corrected chi connectivity index (χ2v) is 10.4. The predicted molar refractivity (Wildman–Crippen MR) is 133 cm³/mol. The number of piperidine rings is 1. The van der Waals surface area contributed by atoms with Gasteiger partial charge in [0.15, 0.2) is 17.3 Å². The first-order valence-electron chi connectivity index (χ1n) is 12.1. The molecule has 1 spiro atoms. The Bertz CT molecular complexity index is 1140. The van der Waals surface area contributed by atoms with Crippen LogP contribution in [-0.4, -0.2) is 62.3 Å². The molecule has 5 rings (SSSR count). The molecule has 1 N–H and O–H groups in total. The number of ether oxygens (including phenoxy) is 3. The highest BCUT2D eigenvalue weighted by Crippen LogP contribution is 2.41. The van der Waals surface area contributed by atoms with Crippen LogP contribution in [0.15, 0.2) is 30.3 Å². The van der Waals surface area contributed by atoms with Gasteiger partial charge in [0.25, 0.3) is 11.8 Å². The number of carbonyl (C=O) groups is 2. The molecule has 3 heterocycles. The molecule has 2 aromatic rings. The van der Waals surface area contributed by atoms with Crippen LogP contribution in [0.2, 0.25) is 10.0 Å². The number of halogens is 3. The summed E-state index contributed by atoms with van der Waals surface area (Å²) in [5.41, 5.74) is 0.828. The number of rotatable bonds is 4. The van der Waals surface area contributed by atoms with E-state index in [0.717, 1.165) is 25.7 Å². The molecule has 2 aromatic carbocycles. The Morgan fingerprint density at radius 2 is 1.69 bits per heavy atom. The summed E-state index contributed by atoms with van der Waals surface area (Å²) in [4.78, 5) is 27.2. The summed E-state index contributed by atoms with van der Waals surface area (Å²) in [6, 6.07) is 7.82. The lowest BCUT2D eigenvalue weighted by atomic mass is 9.73. The molecule has 7 nitrogen and oxygen atoms in total. The monoisotopic (exact) mass is 536 g/mol. The number of nitrogens with one attached hydrogen (secondary N) is 1. The van der Waals surface area contributed by atoms with Crippen molar-refractivity contribution in [2.24, 2.45) is 5.41 Å². The van der Waals surface area contributed by atoms with E-state index in [1.165, 1.54) is 12.1 Å². The standard InChI is InChI=1S/C26H27Cl2FN2O5/c27-19-11-17(12-20(28)23(19)29)25(33)31-7-5-26(6-8-31)4-3-18(36-15-26)14-30-24(32)16-1-2-21-22(13-16)35-10-9-34-21/h1-2,11-13,18H,3-10,14-15H2,(H,30,32). The molecule has 0 radical (unpaired) electrons. The molecule has 0 bridgehead atoms. The van der Waals surface area contributed by atoms with Crippen LogP contribution < -0.4 is 14.8 Å². The van der Waals surface area contributed by atoms with Gasteiger partial charge in [-0.15, -0.1) is 0 Å². The summed E-state index contributed by atoms with van der Waals surface area (Å²) in [7, 11) is 0. The largest absolute Gasteiger partial charge is 0.486 e. The van der Waals surface area contributed by atoms with Gasteiger partial charge < -0.3 is 24.4 Å². The third-order valence-electron chi connectivity index (χ3n) is 7.26. The minimum atomic E-state index is -0.719. The highest BCUT2D eigenvalue weighted by molar-refractivity contribution is 6.35. The molecule has 2 fully saturated rings. The van der Waals surface area contributed by atoms with Gasteiger partial charge in [0.1, 0.15) is 13.2 Å². The quantitative estimate of drug-likeness (QED) is 0.571. The van der Waals surface area contributed by atoms with Gasteiger partial charge >= 0.3 is 0 Å². The summed E-state index contributed by atoms with van der Waals surface area (Å²) in [6.45, 7) is 3.16. The third-order valence-corrected chi connectivity index (χ3v) is 7.81. The minimum Gasteiger partial charge on any atom is -0.486 e. The van der Waals surface area contributed by atoms with E-state index in [9.17, 15) is 14.0 Å². The Balaban J connectivity index is 1.09. The van der Waals surface area contributed by atoms with Crippen molar-refractivity contribution in [1.29, 1.82) is 0 Å². The molecule has 0 saturated carbocycles. The van der Waals surface area contributed by atoms with Gasteiger partial charge in [-0.1, -0.05) is 23.2 Å². The first-order chi connectivity index (χ1) is 17.3. The maximum absolute atomic E-state index is 13.7. The molecule has 36 heavy (non-hydrogen) atoms. The van der Waals surface area contributed by atoms with E-state index in [2.05, 4.69) is 5.32 Å². The van der Waals surface area contributed by atoms with Crippen molar-refractivity contribution in [3.8, 4) is 11.5 Å². The van der Waals surface area contributed by atoms with Crippen molar-refractivity contribution in [3.05, 3.63) is 57.3 Å². The minimum absolute atomic E-state index is 0.0191. The van der Waals surface area contributed by atoms with Crippen molar-refractivity contribution in [2.75, 3.05) is 39.5 Å². The molecule has 2 amide bonds. The number of nitrogens with zero attached hydrogens (tertiary/aromatic N) is 1. The van der Waals surface area contributed by atoms with Gasteiger partial charge in [0.05, 0.1) is 22.8 Å². The number of benzene rings is 2. The van der Waals surface area contributed by atoms with Gasteiger partial charge in [0.2, 0.25) is 0 Å². The number of hydrogen-bond acceptors (Lipinski definition) is 5. The Kier molecular flexibility index (Phi) is 7.28. The van der Waals surface area contributed by atoms with Crippen LogP contribution in [0.3, 0.4) is 0 Å². The van der Waals surface area contributed by atoms with Crippen LogP contribution in [0.5, 0.6) is 11.5 Å². The summed E-state index contributed by atoms with van der Waals surface area (Å²) in [5, 5.41) is 2.64. The smallest absolute Gasteiger partial charge is 0.253 e. The van der Waals surface area contributed by atoms with Crippen LogP contribution >= 0.6 is 23.2 Å². The van der Waals surface area contributed by atoms with Crippen LogP contribution in [0.4, 0.5) is 4.39 Å². The second kappa shape index (κ2) is 10.4. The van der Waals surface area contributed by atoms with E-state index in [4.69, 9.17) is 37.4 Å². The van der Waals surface area contributed by atoms with E-state index in [1.54, 1.807) is 23.1 Å². The molecular formula is C26H27Cl2FN2O5. The molecule has 3 aliphatic heterocycles. The number of amides is 2. The zero-order valence-corrected chi connectivity index (χ0v) is 21.2. The van der Waals surface area contributed by atoms with E-state index in [0.29, 0.717) is 56.5 Å². The zero-order chi connectivity index (χ0) is 25.3. The fraction of sp³-hybridized carbons (Fsp3) is 0.462. The van der Waals surface area contributed by atoms with Crippen LogP contribution in [-0.2, 0) is 4.74 Å². The Morgan fingerprint density at radius 1 is 1.00 bits per heavy atom. The lowest BCUT2D eigenvalue weighted by Gasteiger charge is -2.45. The van der Waals surface area contributed by atoms with E-state index >= 15 is 0 Å². The van der Waals surface area contributed by atoms with E-state index < -0.39 is 5.82 Å². The van der Waals surface area contributed by atoms with Gasteiger partial charge in [-0.25, -0.2) is 4.39 Å². The summed E-state index contributed by atoms with van der Waals surface area (Å²) >= 11 is 11.7. The van der Waals surface area contributed by atoms with Crippen LogP contribution in [0.25, 0.3) is 0 Å². The molecule has 0 aromatic heterocycles. The van der Waals surface area contributed by atoms with Gasteiger partial charge in [-0.2, -0.15) is 0 Å². The zero-order valence-electron chi connectivity index (χ0n) is 19.7. The SMILES string of the molecule is O=C(NCC1CCC2(CCN(C(=O)c3cc(Cl)c(F)c(Cl)c3)CC2)CO1)c1ccc2c(c1)OCCO2. The van der Waals surface area contributed by atoms with E-state index in [1.807, 2.05) is 0 Å². The van der Waals surface area contributed by atoms with Crippen molar-refractivity contribution in [1.82, 2.24) is 10.2 Å².